The highest BCUT2D eigenvalue weighted by Crippen LogP contribution is 2.36. The summed E-state index contributed by atoms with van der Waals surface area (Å²) in [6.45, 7) is 13.6. The van der Waals surface area contributed by atoms with E-state index in [1.165, 1.54) is 41.7 Å². The van der Waals surface area contributed by atoms with Crippen LogP contribution in [0, 0.1) is 10.8 Å². The molecule has 0 saturated heterocycles. The van der Waals surface area contributed by atoms with Crippen LogP contribution in [0.15, 0.2) is 23.1 Å². The van der Waals surface area contributed by atoms with Gasteiger partial charge in [0.25, 0.3) is 0 Å². The highest BCUT2D eigenvalue weighted by atomic mass is 32.1. The van der Waals surface area contributed by atoms with Crippen LogP contribution >= 0.6 is 12.6 Å². The minimum Gasteiger partial charge on any atom is -0.312 e. The van der Waals surface area contributed by atoms with Gasteiger partial charge >= 0.3 is 0 Å². The second-order valence-corrected chi connectivity index (χ2v) is 9.45. The Bertz CT molecular complexity index is 435. The first-order chi connectivity index (χ1) is 10.4. The Labute approximate surface area is 151 Å². The SMILES string of the molecule is CC(C)(C)C(C)(C)C.CN(C)C.Sc1cccc2c1CCCC2. The molecule has 1 aliphatic rings. The van der Waals surface area contributed by atoms with Crippen molar-refractivity contribution < 1.29 is 0 Å². The number of aryl methyl sites for hydroxylation is 1. The first-order valence-corrected chi connectivity index (χ1v) is 9.21. The third kappa shape index (κ3) is 9.42. The van der Waals surface area contributed by atoms with Gasteiger partial charge in [-0.1, -0.05) is 53.7 Å². The Hall–Kier alpha value is -0.470. The maximum atomic E-state index is 4.44. The van der Waals surface area contributed by atoms with Crippen LogP contribution in [0.1, 0.15) is 65.5 Å². The van der Waals surface area contributed by atoms with Gasteiger partial charge in [0.15, 0.2) is 0 Å². The lowest BCUT2D eigenvalue weighted by atomic mass is 9.71. The molecule has 2 heteroatoms. The largest absolute Gasteiger partial charge is 0.312 e. The summed E-state index contributed by atoms with van der Waals surface area (Å²) < 4.78 is 0. The first kappa shape index (κ1) is 22.5. The van der Waals surface area contributed by atoms with Crippen LogP contribution in [0.4, 0.5) is 0 Å². The molecule has 1 aliphatic carbocycles. The molecule has 0 amide bonds. The van der Waals surface area contributed by atoms with Crippen molar-refractivity contribution in [1.29, 1.82) is 0 Å². The topological polar surface area (TPSA) is 3.24 Å². The van der Waals surface area contributed by atoms with Crippen LogP contribution in [-0.4, -0.2) is 26.0 Å². The normalized spacial score (nSPS) is 14.2. The summed E-state index contributed by atoms with van der Waals surface area (Å²) in [6, 6.07) is 6.42. The van der Waals surface area contributed by atoms with E-state index in [0.29, 0.717) is 10.8 Å². The van der Waals surface area contributed by atoms with Crippen LogP contribution in [0.5, 0.6) is 0 Å². The standard InChI is InChI=1S/C10H12S.C8H18.C3H9N/c11-10-7-3-5-8-4-1-2-6-9(8)10;1-7(2,3)8(4,5)6;1-4(2)3/h3,5,7,11H,1-2,4,6H2;1-6H3;1-3H3. The summed E-state index contributed by atoms with van der Waals surface area (Å²) in [5.41, 5.74) is 3.88. The lowest BCUT2D eigenvalue weighted by Crippen LogP contribution is -2.25. The van der Waals surface area contributed by atoms with Crippen molar-refractivity contribution in [2.24, 2.45) is 10.8 Å². The molecule has 0 bridgehead atoms. The number of fused-ring (bicyclic) bond motifs is 1. The highest BCUT2D eigenvalue weighted by Gasteiger charge is 2.26. The minimum atomic E-state index is 0.437. The Kier molecular flexibility index (Phi) is 9.54. The second-order valence-electron chi connectivity index (χ2n) is 8.96. The van der Waals surface area contributed by atoms with Gasteiger partial charge in [0, 0.05) is 4.90 Å². The molecule has 1 aromatic carbocycles. The quantitative estimate of drug-likeness (QED) is 0.559. The van der Waals surface area contributed by atoms with Gasteiger partial charge in [0.05, 0.1) is 0 Å². The van der Waals surface area contributed by atoms with Crippen LogP contribution in [0.2, 0.25) is 0 Å². The van der Waals surface area contributed by atoms with E-state index in [9.17, 15) is 0 Å². The monoisotopic (exact) mass is 337 g/mol. The molecule has 0 spiro atoms. The zero-order valence-electron chi connectivity index (χ0n) is 17.0. The van der Waals surface area contributed by atoms with Crippen molar-refractivity contribution in [2.75, 3.05) is 21.1 Å². The molecule has 0 unspecified atom stereocenters. The Morgan fingerprint density at radius 3 is 1.65 bits per heavy atom. The van der Waals surface area contributed by atoms with E-state index in [1.54, 1.807) is 0 Å². The molecule has 1 aromatic rings. The Morgan fingerprint density at radius 2 is 1.26 bits per heavy atom. The van der Waals surface area contributed by atoms with Gasteiger partial charge in [-0.05, 0) is 74.8 Å². The molecule has 2 rings (SSSR count). The number of hydrogen-bond donors (Lipinski definition) is 1. The predicted molar refractivity (Wildman–Crippen MR) is 109 cm³/mol. The average molecular weight is 338 g/mol. The van der Waals surface area contributed by atoms with Crippen LogP contribution < -0.4 is 0 Å². The number of benzene rings is 1. The number of hydrogen-bond acceptors (Lipinski definition) is 2. The maximum absolute atomic E-state index is 4.44. The maximum Gasteiger partial charge on any atom is 0.00747 e. The van der Waals surface area contributed by atoms with E-state index in [4.69, 9.17) is 0 Å². The van der Waals surface area contributed by atoms with Crippen LogP contribution in [0.3, 0.4) is 0 Å². The Balaban J connectivity index is 0.000000357. The molecule has 0 saturated carbocycles. The van der Waals surface area contributed by atoms with Gasteiger partial charge in [0.1, 0.15) is 0 Å². The van der Waals surface area contributed by atoms with E-state index >= 15 is 0 Å². The van der Waals surface area contributed by atoms with E-state index in [1.807, 2.05) is 26.0 Å². The van der Waals surface area contributed by atoms with Gasteiger partial charge in [-0.25, -0.2) is 0 Å². The molecule has 134 valence electrons. The summed E-state index contributed by atoms with van der Waals surface area (Å²) in [4.78, 5) is 3.18. The molecular formula is C21H39NS. The summed E-state index contributed by atoms with van der Waals surface area (Å²) in [5.74, 6) is 0. The van der Waals surface area contributed by atoms with Crippen molar-refractivity contribution in [3.05, 3.63) is 29.3 Å². The first-order valence-electron chi connectivity index (χ1n) is 8.77. The fourth-order valence-electron chi connectivity index (χ4n) is 1.76. The van der Waals surface area contributed by atoms with Crippen molar-refractivity contribution in [1.82, 2.24) is 4.90 Å². The minimum absolute atomic E-state index is 0.437. The number of nitrogens with zero attached hydrogens (tertiary/aromatic N) is 1. The summed E-state index contributed by atoms with van der Waals surface area (Å²) >= 11 is 4.44. The molecule has 0 aromatic heterocycles. The Morgan fingerprint density at radius 1 is 0.826 bits per heavy atom. The van der Waals surface area contributed by atoms with E-state index in [2.05, 4.69) is 72.4 Å². The van der Waals surface area contributed by atoms with Crippen molar-refractivity contribution >= 4 is 12.6 Å². The summed E-state index contributed by atoms with van der Waals surface area (Å²) in [7, 11) is 6.00. The van der Waals surface area contributed by atoms with E-state index < -0.39 is 0 Å². The number of thiol groups is 1. The molecule has 1 nitrogen and oxygen atoms in total. The smallest absolute Gasteiger partial charge is 0.00747 e. The van der Waals surface area contributed by atoms with Gasteiger partial charge in [0.2, 0.25) is 0 Å². The molecule has 23 heavy (non-hydrogen) atoms. The molecule has 0 radical (unpaired) electrons. The van der Waals surface area contributed by atoms with Crippen LogP contribution in [0.25, 0.3) is 0 Å². The average Bonchev–Trinajstić information content (AvgIpc) is 2.37. The lowest BCUT2D eigenvalue weighted by molar-refractivity contribution is 0.157. The summed E-state index contributed by atoms with van der Waals surface area (Å²) in [6.07, 6.45) is 5.17. The fraction of sp³-hybridized carbons (Fsp3) is 0.714. The zero-order valence-corrected chi connectivity index (χ0v) is 17.8. The molecule has 0 atom stereocenters. The molecule has 0 N–H and O–H groups in total. The second kappa shape index (κ2) is 9.74. The molecule has 0 fully saturated rings. The van der Waals surface area contributed by atoms with Gasteiger partial charge in [-0.3, -0.25) is 0 Å². The van der Waals surface area contributed by atoms with E-state index in [0.717, 1.165) is 0 Å². The van der Waals surface area contributed by atoms with Gasteiger partial charge in [-0.2, -0.15) is 0 Å². The zero-order chi connectivity index (χ0) is 18.3. The van der Waals surface area contributed by atoms with E-state index in [-0.39, 0.29) is 0 Å². The lowest BCUT2D eigenvalue weighted by Gasteiger charge is -2.34. The van der Waals surface area contributed by atoms with Crippen LogP contribution in [-0.2, 0) is 12.8 Å². The molecule has 0 heterocycles. The fourth-order valence-corrected chi connectivity index (χ4v) is 2.10. The summed E-state index contributed by atoms with van der Waals surface area (Å²) in [5, 5.41) is 0. The predicted octanol–water partition coefficient (Wildman–Crippen LogP) is 6.11. The van der Waals surface area contributed by atoms with Crippen molar-refractivity contribution in [2.45, 2.75) is 72.1 Å². The van der Waals surface area contributed by atoms with Gasteiger partial charge < -0.3 is 4.90 Å². The third-order valence-corrected chi connectivity index (χ3v) is 5.04. The van der Waals surface area contributed by atoms with Crippen molar-refractivity contribution in [3.8, 4) is 0 Å². The molecular weight excluding hydrogens is 298 g/mol. The third-order valence-electron chi connectivity index (χ3n) is 4.62. The molecule has 0 aliphatic heterocycles. The van der Waals surface area contributed by atoms with Crippen molar-refractivity contribution in [3.63, 3.8) is 0 Å². The number of rotatable bonds is 0. The van der Waals surface area contributed by atoms with Gasteiger partial charge in [-0.15, -0.1) is 12.6 Å². The highest BCUT2D eigenvalue weighted by molar-refractivity contribution is 7.80.